The van der Waals surface area contributed by atoms with Crippen LogP contribution in [0.4, 0.5) is 0 Å². The molecule has 0 saturated heterocycles. The molecule has 112 valence electrons. The van der Waals surface area contributed by atoms with Crippen molar-refractivity contribution in [2.75, 3.05) is 6.54 Å². The fourth-order valence-corrected chi connectivity index (χ4v) is 3.38. The summed E-state index contributed by atoms with van der Waals surface area (Å²) in [5.41, 5.74) is 2.02. The maximum Gasteiger partial charge on any atom is 0.240 e. The van der Waals surface area contributed by atoms with Gasteiger partial charge >= 0.3 is 0 Å². The first-order valence-corrected chi connectivity index (χ1v) is 8.12. The van der Waals surface area contributed by atoms with E-state index in [0.29, 0.717) is 17.5 Å². The number of aliphatic hydroxyl groups excluding tert-OH is 1. The summed E-state index contributed by atoms with van der Waals surface area (Å²) in [4.78, 5) is 4.35. The second-order valence-electron chi connectivity index (χ2n) is 4.67. The molecule has 2 rings (SSSR count). The Hall–Kier alpha value is -1.76. The van der Waals surface area contributed by atoms with Gasteiger partial charge in [0.15, 0.2) is 0 Å². The molecule has 0 amide bonds. The summed E-state index contributed by atoms with van der Waals surface area (Å²) in [5.74, 6) is 0. The Morgan fingerprint density at radius 3 is 2.67 bits per heavy atom. The molecule has 5 nitrogen and oxygen atoms in total. The van der Waals surface area contributed by atoms with Crippen molar-refractivity contribution in [2.24, 2.45) is 0 Å². The second-order valence-corrected chi connectivity index (χ2v) is 6.40. The minimum absolute atomic E-state index is 0.177. The summed E-state index contributed by atoms with van der Waals surface area (Å²) < 4.78 is 27.2. The Labute approximate surface area is 124 Å². The predicted molar refractivity (Wildman–Crippen MR) is 80.2 cm³/mol. The molecule has 1 aromatic carbocycles. The van der Waals surface area contributed by atoms with E-state index < -0.39 is 10.0 Å². The summed E-state index contributed by atoms with van der Waals surface area (Å²) >= 11 is 0. The van der Waals surface area contributed by atoms with Crippen molar-refractivity contribution in [3.63, 3.8) is 0 Å². The number of nitrogens with zero attached hydrogens (tertiary/aromatic N) is 1. The van der Waals surface area contributed by atoms with E-state index in [9.17, 15) is 13.5 Å². The van der Waals surface area contributed by atoms with Crippen LogP contribution in [0.25, 0.3) is 0 Å². The number of rotatable bonds is 6. The topological polar surface area (TPSA) is 79.3 Å². The third-order valence-corrected chi connectivity index (χ3v) is 4.86. The number of sulfonamides is 1. The number of hydrogen-bond acceptors (Lipinski definition) is 4. The van der Waals surface area contributed by atoms with E-state index in [2.05, 4.69) is 9.71 Å². The number of benzene rings is 1. The molecular formula is C15H18N2O3S. The summed E-state index contributed by atoms with van der Waals surface area (Å²) in [7, 11) is -3.58. The van der Waals surface area contributed by atoms with Crippen LogP contribution in [0.2, 0.25) is 0 Å². The summed E-state index contributed by atoms with van der Waals surface area (Å²) in [5, 5.41) is 9.21. The van der Waals surface area contributed by atoms with Crippen LogP contribution in [-0.2, 0) is 23.1 Å². The lowest BCUT2D eigenvalue weighted by atomic mass is 10.1. The lowest BCUT2D eigenvalue weighted by molar-refractivity contribution is 0.280. The molecule has 2 aromatic rings. The SMILES string of the molecule is Cc1c(CO)cccc1S(=O)(=O)NCCc1ccccn1. The lowest BCUT2D eigenvalue weighted by Gasteiger charge is -2.11. The van der Waals surface area contributed by atoms with E-state index in [1.54, 1.807) is 25.3 Å². The van der Waals surface area contributed by atoms with Crippen molar-refractivity contribution in [3.05, 3.63) is 59.4 Å². The van der Waals surface area contributed by atoms with Gasteiger partial charge in [0, 0.05) is 24.9 Å². The highest BCUT2D eigenvalue weighted by molar-refractivity contribution is 7.89. The van der Waals surface area contributed by atoms with Gasteiger partial charge < -0.3 is 5.11 Å². The van der Waals surface area contributed by atoms with Gasteiger partial charge in [0.25, 0.3) is 0 Å². The molecule has 0 aliphatic carbocycles. The van der Waals surface area contributed by atoms with Crippen molar-refractivity contribution in [1.82, 2.24) is 9.71 Å². The van der Waals surface area contributed by atoms with Gasteiger partial charge in [-0.05, 0) is 36.2 Å². The normalized spacial score (nSPS) is 11.5. The van der Waals surface area contributed by atoms with Gasteiger partial charge in [-0.25, -0.2) is 13.1 Å². The highest BCUT2D eigenvalue weighted by Gasteiger charge is 2.17. The van der Waals surface area contributed by atoms with Gasteiger partial charge in [0.05, 0.1) is 11.5 Å². The molecule has 21 heavy (non-hydrogen) atoms. The van der Waals surface area contributed by atoms with Gasteiger partial charge in [-0.15, -0.1) is 0 Å². The molecule has 0 unspecified atom stereocenters. The molecule has 1 aromatic heterocycles. The summed E-state index contributed by atoms with van der Waals surface area (Å²) in [6, 6.07) is 10.4. The minimum atomic E-state index is -3.58. The summed E-state index contributed by atoms with van der Waals surface area (Å²) in [6.07, 6.45) is 2.21. The zero-order chi connectivity index (χ0) is 15.3. The average molecular weight is 306 g/mol. The molecule has 0 saturated carbocycles. The van der Waals surface area contributed by atoms with Crippen molar-refractivity contribution in [3.8, 4) is 0 Å². The molecular weight excluding hydrogens is 288 g/mol. The van der Waals surface area contributed by atoms with Crippen LogP contribution in [0, 0.1) is 6.92 Å². The van der Waals surface area contributed by atoms with Crippen LogP contribution in [0.5, 0.6) is 0 Å². The number of pyridine rings is 1. The van der Waals surface area contributed by atoms with Gasteiger partial charge in [0.2, 0.25) is 10.0 Å². The molecule has 0 bridgehead atoms. The first kappa shape index (κ1) is 15.6. The molecule has 0 spiro atoms. The Morgan fingerprint density at radius 2 is 2.00 bits per heavy atom. The Bertz CT molecular complexity index is 700. The zero-order valence-electron chi connectivity index (χ0n) is 11.8. The van der Waals surface area contributed by atoms with E-state index >= 15 is 0 Å². The van der Waals surface area contributed by atoms with Gasteiger partial charge in [-0.1, -0.05) is 18.2 Å². The Kier molecular flexibility index (Phi) is 5.06. The third kappa shape index (κ3) is 3.87. The zero-order valence-corrected chi connectivity index (χ0v) is 12.6. The lowest BCUT2D eigenvalue weighted by Crippen LogP contribution is -2.27. The fourth-order valence-electron chi connectivity index (χ4n) is 2.06. The maximum absolute atomic E-state index is 12.3. The largest absolute Gasteiger partial charge is 0.392 e. The van der Waals surface area contributed by atoms with Crippen LogP contribution in [0.3, 0.4) is 0 Å². The monoisotopic (exact) mass is 306 g/mol. The highest BCUT2D eigenvalue weighted by Crippen LogP contribution is 2.18. The Balaban J connectivity index is 2.09. The number of hydrogen-bond donors (Lipinski definition) is 2. The third-order valence-electron chi connectivity index (χ3n) is 3.26. The van der Waals surface area contributed by atoms with Crippen LogP contribution < -0.4 is 4.72 Å². The van der Waals surface area contributed by atoms with E-state index in [0.717, 1.165) is 5.69 Å². The van der Waals surface area contributed by atoms with Crippen LogP contribution in [0.1, 0.15) is 16.8 Å². The van der Waals surface area contributed by atoms with Crippen LogP contribution in [0.15, 0.2) is 47.5 Å². The average Bonchev–Trinajstić information content (AvgIpc) is 2.48. The minimum Gasteiger partial charge on any atom is -0.392 e. The first-order chi connectivity index (χ1) is 10.0. The van der Waals surface area contributed by atoms with E-state index in [4.69, 9.17) is 0 Å². The molecule has 0 radical (unpaired) electrons. The van der Waals surface area contributed by atoms with Crippen molar-refractivity contribution in [2.45, 2.75) is 24.8 Å². The second kappa shape index (κ2) is 6.80. The molecule has 0 atom stereocenters. The molecule has 0 fully saturated rings. The first-order valence-electron chi connectivity index (χ1n) is 6.63. The standard InChI is InChI=1S/C15H18N2O3S/c1-12-13(11-18)5-4-7-15(12)21(19,20)17-10-8-14-6-2-3-9-16-14/h2-7,9,17-18H,8,10-11H2,1H3. The van der Waals surface area contributed by atoms with E-state index in [1.165, 1.54) is 6.07 Å². The fraction of sp³-hybridized carbons (Fsp3) is 0.267. The van der Waals surface area contributed by atoms with Crippen molar-refractivity contribution in [1.29, 1.82) is 0 Å². The molecule has 6 heteroatoms. The smallest absolute Gasteiger partial charge is 0.240 e. The van der Waals surface area contributed by atoms with Gasteiger partial charge in [-0.3, -0.25) is 4.98 Å². The Morgan fingerprint density at radius 1 is 1.19 bits per heavy atom. The van der Waals surface area contributed by atoms with E-state index in [-0.39, 0.29) is 18.0 Å². The van der Waals surface area contributed by atoms with Crippen LogP contribution >= 0.6 is 0 Å². The molecule has 0 aliphatic rings. The van der Waals surface area contributed by atoms with Crippen molar-refractivity contribution < 1.29 is 13.5 Å². The summed E-state index contributed by atoms with van der Waals surface area (Å²) in [6.45, 7) is 1.80. The van der Waals surface area contributed by atoms with E-state index in [1.807, 2.05) is 18.2 Å². The quantitative estimate of drug-likeness (QED) is 0.845. The molecule has 2 N–H and O–H groups in total. The van der Waals surface area contributed by atoms with Crippen molar-refractivity contribution >= 4 is 10.0 Å². The number of aliphatic hydroxyl groups is 1. The van der Waals surface area contributed by atoms with Gasteiger partial charge in [0.1, 0.15) is 0 Å². The molecule has 0 aliphatic heterocycles. The number of aromatic nitrogens is 1. The van der Waals surface area contributed by atoms with Crippen LogP contribution in [-0.4, -0.2) is 25.1 Å². The number of nitrogens with one attached hydrogen (secondary N) is 1. The van der Waals surface area contributed by atoms with Gasteiger partial charge in [-0.2, -0.15) is 0 Å². The maximum atomic E-state index is 12.3. The highest BCUT2D eigenvalue weighted by atomic mass is 32.2. The predicted octanol–water partition coefficient (Wildman–Crippen LogP) is 1.40. The molecule has 1 heterocycles.